The molecular weight excluding hydrogens is 209 g/mol. The highest BCUT2D eigenvalue weighted by Gasteiger charge is 2.12. The molecule has 0 saturated carbocycles. The second kappa shape index (κ2) is 4.39. The molecule has 0 heterocycles. The van der Waals surface area contributed by atoms with Gasteiger partial charge in [0.15, 0.2) is 0 Å². The van der Waals surface area contributed by atoms with Gasteiger partial charge in [0.05, 0.1) is 11.5 Å². The molecule has 1 aromatic carbocycles. The van der Waals surface area contributed by atoms with Crippen molar-refractivity contribution in [2.75, 3.05) is 6.61 Å². The monoisotopic (exact) mass is 219 g/mol. The lowest BCUT2D eigenvalue weighted by atomic mass is 10.3. The third kappa shape index (κ3) is 2.43. The Bertz CT molecular complexity index is 388. The molecule has 0 bridgehead atoms. The van der Waals surface area contributed by atoms with E-state index in [4.69, 9.17) is 4.74 Å². The predicted octanol–water partition coefficient (Wildman–Crippen LogP) is 1.25. The van der Waals surface area contributed by atoms with Crippen molar-refractivity contribution in [2.24, 2.45) is 0 Å². The first kappa shape index (κ1) is 10.9. The standard InChI is InChI=1S/C8H10FNO3S/c1-2-13-7-3-5-8(6-4-7)14(11,12)10-9/h3-6,10H,2H2,1H3. The summed E-state index contributed by atoms with van der Waals surface area (Å²) in [5.74, 6) is 0.547. The summed E-state index contributed by atoms with van der Waals surface area (Å²) in [4.78, 5) is 0.605. The molecule has 6 heteroatoms. The van der Waals surface area contributed by atoms with E-state index in [1.165, 1.54) is 24.3 Å². The van der Waals surface area contributed by atoms with E-state index in [9.17, 15) is 12.9 Å². The van der Waals surface area contributed by atoms with Crippen molar-refractivity contribution >= 4 is 10.0 Å². The van der Waals surface area contributed by atoms with Crippen molar-refractivity contribution in [2.45, 2.75) is 11.8 Å². The topological polar surface area (TPSA) is 55.4 Å². The van der Waals surface area contributed by atoms with Gasteiger partial charge in [-0.2, -0.15) is 0 Å². The first-order valence-electron chi connectivity index (χ1n) is 3.95. The van der Waals surface area contributed by atoms with Gasteiger partial charge in [0, 0.05) is 0 Å². The average Bonchev–Trinajstić information content (AvgIpc) is 2.19. The Morgan fingerprint density at radius 3 is 2.36 bits per heavy atom. The zero-order valence-electron chi connectivity index (χ0n) is 7.53. The van der Waals surface area contributed by atoms with Gasteiger partial charge < -0.3 is 4.74 Å². The smallest absolute Gasteiger partial charge is 0.266 e. The largest absolute Gasteiger partial charge is 0.494 e. The Hall–Kier alpha value is -1.14. The molecule has 1 N–H and O–H groups in total. The molecule has 0 fully saturated rings. The molecule has 0 aliphatic carbocycles. The molecule has 14 heavy (non-hydrogen) atoms. The van der Waals surface area contributed by atoms with Crippen molar-refractivity contribution in [3.63, 3.8) is 0 Å². The summed E-state index contributed by atoms with van der Waals surface area (Å²) in [5.41, 5.74) is 0. The van der Waals surface area contributed by atoms with Gasteiger partial charge in [0.25, 0.3) is 10.0 Å². The highest BCUT2D eigenvalue weighted by Crippen LogP contribution is 2.15. The van der Waals surface area contributed by atoms with E-state index in [0.29, 0.717) is 12.4 Å². The molecule has 0 aliphatic heterocycles. The van der Waals surface area contributed by atoms with E-state index in [1.807, 2.05) is 6.92 Å². The van der Waals surface area contributed by atoms with Crippen molar-refractivity contribution in [1.29, 1.82) is 0 Å². The molecule has 0 spiro atoms. The number of hydrogen-bond donors (Lipinski definition) is 1. The lowest BCUT2D eigenvalue weighted by molar-refractivity contribution is 0.340. The summed E-state index contributed by atoms with van der Waals surface area (Å²) in [6, 6.07) is 5.47. The van der Waals surface area contributed by atoms with Crippen LogP contribution in [0, 0.1) is 0 Å². The van der Waals surface area contributed by atoms with Crippen molar-refractivity contribution in [3.8, 4) is 5.75 Å². The molecule has 0 aliphatic rings. The normalized spacial score (nSPS) is 11.3. The summed E-state index contributed by atoms with van der Waals surface area (Å²) >= 11 is 0. The van der Waals surface area contributed by atoms with Crippen LogP contribution >= 0.6 is 0 Å². The molecule has 0 amide bonds. The molecule has 0 radical (unpaired) electrons. The molecule has 4 nitrogen and oxygen atoms in total. The quantitative estimate of drug-likeness (QED) is 0.775. The van der Waals surface area contributed by atoms with Crippen molar-refractivity contribution in [1.82, 2.24) is 4.94 Å². The SMILES string of the molecule is CCOc1ccc(S(=O)(=O)NF)cc1. The van der Waals surface area contributed by atoms with E-state index in [1.54, 1.807) is 0 Å². The van der Waals surface area contributed by atoms with Crippen LogP contribution in [0.2, 0.25) is 0 Å². The van der Waals surface area contributed by atoms with Gasteiger partial charge in [-0.25, -0.2) is 8.42 Å². The Balaban J connectivity index is 2.94. The maximum atomic E-state index is 11.8. The second-order valence-electron chi connectivity index (χ2n) is 2.49. The molecule has 78 valence electrons. The molecular formula is C8H10FNO3S. The van der Waals surface area contributed by atoms with Gasteiger partial charge in [-0.1, -0.05) is 0 Å². The molecule has 1 aromatic rings. The van der Waals surface area contributed by atoms with Crippen LogP contribution in [0.25, 0.3) is 0 Å². The summed E-state index contributed by atoms with van der Waals surface area (Å²) < 4.78 is 38.8. The van der Waals surface area contributed by atoms with Crippen LogP contribution in [0.5, 0.6) is 5.75 Å². The van der Waals surface area contributed by atoms with Crippen molar-refractivity contribution in [3.05, 3.63) is 24.3 Å². The summed E-state index contributed by atoms with van der Waals surface area (Å²) in [6.07, 6.45) is 0. The summed E-state index contributed by atoms with van der Waals surface area (Å²) in [6.45, 7) is 2.31. The highest BCUT2D eigenvalue weighted by atomic mass is 32.2. The highest BCUT2D eigenvalue weighted by molar-refractivity contribution is 7.89. The molecule has 0 saturated heterocycles. The zero-order valence-corrected chi connectivity index (χ0v) is 8.34. The first-order valence-corrected chi connectivity index (χ1v) is 5.44. The van der Waals surface area contributed by atoms with Gasteiger partial charge in [0.1, 0.15) is 5.75 Å². The first-order chi connectivity index (χ1) is 6.60. The number of benzene rings is 1. The van der Waals surface area contributed by atoms with Gasteiger partial charge in [-0.05, 0) is 36.1 Å². The number of hydrogen-bond acceptors (Lipinski definition) is 3. The number of ether oxygens (including phenoxy) is 1. The molecule has 1 rings (SSSR count). The fraction of sp³-hybridized carbons (Fsp3) is 0.250. The maximum Gasteiger partial charge on any atom is 0.266 e. The Kier molecular flexibility index (Phi) is 3.43. The Morgan fingerprint density at radius 1 is 1.36 bits per heavy atom. The predicted molar refractivity (Wildman–Crippen MR) is 49.0 cm³/mol. The average molecular weight is 219 g/mol. The molecule has 0 aromatic heterocycles. The van der Waals surface area contributed by atoms with Crippen LogP contribution in [0.1, 0.15) is 6.92 Å². The number of nitrogens with one attached hydrogen (secondary N) is 1. The zero-order chi connectivity index (χ0) is 10.6. The lowest BCUT2D eigenvalue weighted by Gasteiger charge is -2.03. The van der Waals surface area contributed by atoms with E-state index in [2.05, 4.69) is 0 Å². The van der Waals surface area contributed by atoms with Crippen LogP contribution < -0.4 is 9.68 Å². The van der Waals surface area contributed by atoms with Crippen LogP contribution in [0.4, 0.5) is 4.48 Å². The van der Waals surface area contributed by atoms with Crippen LogP contribution in [0.3, 0.4) is 0 Å². The van der Waals surface area contributed by atoms with Gasteiger partial charge in [0.2, 0.25) is 0 Å². The van der Waals surface area contributed by atoms with Gasteiger partial charge in [-0.3, -0.25) is 0 Å². The lowest BCUT2D eigenvalue weighted by Crippen LogP contribution is -2.14. The van der Waals surface area contributed by atoms with Gasteiger partial charge in [-0.15, -0.1) is 4.48 Å². The van der Waals surface area contributed by atoms with E-state index in [0.717, 1.165) is 4.94 Å². The number of sulfonamides is 1. The van der Waals surface area contributed by atoms with Gasteiger partial charge >= 0.3 is 0 Å². The van der Waals surface area contributed by atoms with E-state index in [-0.39, 0.29) is 4.90 Å². The molecule has 0 atom stereocenters. The fourth-order valence-corrected chi connectivity index (χ4v) is 1.51. The van der Waals surface area contributed by atoms with Crippen LogP contribution in [-0.2, 0) is 10.0 Å². The minimum atomic E-state index is -4.00. The minimum absolute atomic E-state index is 0.136. The number of halogens is 1. The Labute approximate surface area is 81.7 Å². The second-order valence-corrected chi connectivity index (χ2v) is 4.12. The van der Waals surface area contributed by atoms with Crippen LogP contribution in [0.15, 0.2) is 29.2 Å². The van der Waals surface area contributed by atoms with E-state index >= 15 is 0 Å². The summed E-state index contributed by atoms with van der Waals surface area (Å²) in [5, 5.41) is 0. The summed E-state index contributed by atoms with van der Waals surface area (Å²) in [7, 11) is -4.00. The van der Waals surface area contributed by atoms with E-state index < -0.39 is 10.0 Å². The Morgan fingerprint density at radius 2 is 1.93 bits per heavy atom. The number of rotatable bonds is 4. The maximum absolute atomic E-state index is 11.8. The van der Waals surface area contributed by atoms with Crippen LogP contribution in [-0.4, -0.2) is 15.0 Å². The van der Waals surface area contributed by atoms with Crippen molar-refractivity contribution < 1.29 is 17.6 Å². The third-order valence-corrected chi connectivity index (χ3v) is 2.64. The molecule has 0 unspecified atom stereocenters. The minimum Gasteiger partial charge on any atom is -0.494 e. The third-order valence-electron chi connectivity index (χ3n) is 1.55. The fourth-order valence-electron chi connectivity index (χ4n) is 0.926.